The Morgan fingerprint density at radius 1 is 1.41 bits per heavy atom. The van der Waals surface area contributed by atoms with Crippen molar-refractivity contribution >= 4 is 15.9 Å². The molecule has 1 atom stereocenters. The molecular weight excluding hydrogens is 282 g/mol. The second kappa shape index (κ2) is 6.50. The van der Waals surface area contributed by atoms with Crippen LogP contribution in [0.5, 0.6) is 0 Å². The zero-order chi connectivity index (χ0) is 12.9. The molecule has 96 valence electrons. The molecule has 0 bridgehead atoms. The molecule has 3 N–H and O–H groups in total. The van der Waals surface area contributed by atoms with Gasteiger partial charge in [-0.05, 0) is 38.0 Å². The Bertz CT molecular complexity index is 355. The van der Waals surface area contributed by atoms with Crippen molar-refractivity contribution in [2.24, 2.45) is 0 Å². The second-order valence-electron chi connectivity index (χ2n) is 4.81. The fourth-order valence-corrected chi connectivity index (χ4v) is 1.99. The van der Waals surface area contributed by atoms with Crippen LogP contribution in [0.3, 0.4) is 0 Å². The number of nitrogens with one attached hydrogen (secondary N) is 1. The van der Waals surface area contributed by atoms with Gasteiger partial charge < -0.3 is 15.5 Å². The molecule has 0 saturated carbocycles. The molecule has 0 fully saturated rings. The minimum atomic E-state index is -0.537. The van der Waals surface area contributed by atoms with Crippen LogP contribution in [-0.4, -0.2) is 28.9 Å². The molecule has 0 saturated heterocycles. The van der Waals surface area contributed by atoms with E-state index >= 15 is 0 Å². The molecule has 1 aromatic carbocycles. The molecule has 1 aromatic rings. The fourth-order valence-electron chi connectivity index (χ4n) is 1.57. The fraction of sp³-hybridized carbons (Fsp3) is 0.538. The Morgan fingerprint density at radius 3 is 2.71 bits per heavy atom. The van der Waals surface area contributed by atoms with Crippen LogP contribution in [0, 0.1) is 0 Å². The van der Waals surface area contributed by atoms with Crippen molar-refractivity contribution in [1.29, 1.82) is 0 Å². The van der Waals surface area contributed by atoms with Gasteiger partial charge in [0, 0.05) is 23.2 Å². The van der Waals surface area contributed by atoms with Crippen LogP contribution in [0.25, 0.3) is 0 Å². The van der Waals surface area contributed by atoms with Gasteiger partial charge in [-0.3, -0.25) is 0 Å². The highest BCUT2D eigenvalue weighted by Crippen LogP contribution is 2.18. The summed E-state index contributed by atoms with van der Waals surface area (Å²) in [4.78, 5) is 0. The Kier molecular flexibility index (Phi) is 5.59. The van der Waals surface area contributed by atoms with E-state index < -0.39 is 6.10 Å². The van der Waals surface area contributed by atoms with Gasteiger partial charge in [-0.25, -0.2) is 0 Å². The number of hydrogen-bond donors (Lipinski definition) is 3. The van der Waals surface area contributed by atoms with Gasteiger partial charge in [0.05, 0.1) is 6.10 Å². The van der Waals surface area contributed by atoms with Crippen molar-refractivity contribution in [2.75, 3.05) is 13.2 Å². The summed E-state index contributed by atoms with van der Waals surface area (Å²) in [6.07, 6.45) is 0.128. The predicted molar refractivity (Wildman–Crippen MR) is 72.9 cm³/mol. The summed E-state index contributed by atoms with van der Waals surface area (Å²) in [5.41, 5.74) is 0.716. The maximum Gasteiger partial charge on any atom is 0.0914 e. The topological polar surface area (TPSA) is 52.5 Å². The average Bonchev–Trinajstić information content (AvgIpc) is 2.26. The zero-order valence-corrected chi connectivity index (χ0v) is 11.9. The quantitative estimate of drug-likeness (QED) is 0.755. The third-order valence-electron chi connectivity index (χ3n) is 2.74. The highest BCUT2D eigenvalue weighted by Gasteiger charge is 2.18. The average molecular weight is 302 g/mol. The van der Waals surface area contributed by atoms with Crippen molar-refractivity contribution in [2.45, 2.75) is 31.9 Å². The lowest BCUT2D eigenvalue weighted by molar-refractivity contribution is 0.151. The van der Waals surface area contributed by atoms with Crippen LogP contribution in [-0.2, 0) is 0 Å². The number of benzene rings is 1. The van der Waals surface area contributed by atoms with Gasteiger partial charge in [0.1, 0.15) is 0 Å². The summed E-state index contributed by atoms with van der Waals surface area (Å²) < 4.78 is 0.962. The summed E-state index contributed by atoms with van der Waals surface area (Å²) in [5.74, 6) is 0. The normalized spacial score (nSPS) is 13.7. The summed E-state index contributed by atoms with van der Waals surface area (Å²) in [7, 11) is 0. The van der Waals surface area contributed by atoms with Crippen LogP contribution in [0.15, 0.2) is 28.7 Å². The first-order valence-electron chi connectivity index (χ1n) is 5.74. The summed E-state index contributed by atoms with van der Waals surface area (Å²) >= 11 is 3.38. The Balaban J connectivity index is 2.52. The van der Waals surface area contributed by atoms with E-state index in [1.54, 1.807) is 0 Å². The highest BCUT2D eigenvalue weighted by molar-refractivity contribution is 9.10. The van der Waals surface area contributed by atoms with Gasteiger partial charge in [-0.2, -0.15) is 0 Å². The summed E-state index contributed by atoms with van der Waals surface area (Å²) in [6, 6.07) is 7.64. The lowest BCUT2D eigenvalue weighted by atomic mass is 10.0. The lowest BCUT2D eigenvalue weighted by Gasteiger charge is -2.27. The van der Waals surface area contributed by atoms with Crippen molar-refractivity contribution in [3.63, 3.8) is 0 Å². The Morgan fingerprint density at radius 2 is 2.12 bits per heavy atom. The highest BCUT2D eigenvalue weighted by atomic mass is 79.9. The van der Waals surface area contributed by atoms with Crippen LogP contribution < -0.4 is 5.32 Å². The van der Waals surface area contributed by atoms with Gasteiger partial charge >= 0.3 is 0 Å². The van der Waals surface area contributed by atoms with Crippen molar-refractivity contribution < 1.29 is 10.2 Å². The Labute approximate surface area is 111 Å². The van der Waals surface area contributed by atoms with Crippen LogP contribution >= 0.6 is 15.9 Å². The van der Waals surface area contributed by atoms with E-state index in [1.165, 1.54) is 0 Å². The largest absolute Gasteiger partial charge is 0.396 e. The lowest BCUT2D eigenvalue weighted by Crippen LogP contribution is -2.42. The van der Waals surface area contributed by atoms with Crippen LogP contribution in [0.2, 0.25) is 0 Å². The molecule has 0 aromatic heterocycles. The number of hydrogen-bond acceptors (Lipinski definition) is 3. The van der Waals surface area contributed by atoms with E-state index in [1.807, 2.05) is 38.1 Å². The SMILES string of the molecule is CC(C)(CCO)NCC(O)c1cccc(Br)c1. The molecule has 1 unspecified atom stereocenters. The van der Waals surface area contributed by atoms with Gasteiger partial charge in [0.2, 0.25) is 0 Å². The molecule has 4 heteroatoms. The maximum atomic E-state index is 10.0. The predicted octanol–water partition coefficient (Wildman–Crippen LogP) is 2.23. The smallest absolute Gasteiger partial charge is 0.0914 e. The van der Waals surface area contributed by atoms with Gasteiger partial charge in [0.15, 0.2) is 0 Å². The van der Waals surface area contributed by atoms with Gasteiger partial charge in [0.25, 0.3) is 0 Å². The number of β-amino-alcohol motifs (C(OH)–C–C–N with tert-alkyl or cyclic N) is 1. The number of aliphatic hydroxyl groups excluding tert-OH is 2. The molecular formula is C13H20BrNO2. The molecule has 0 aliphatic heterocycles. The van der Waals surface area contributed by atoms with Crippen LogP contribution in [0.4, 0.5) is 0 Å². The second-order valence-corrected chi connectivity index (χ2v) is 5.72. The molecule has 0 radical (unpaired) electrons. The number of rotatable bonds is 6. The Hall–Kier alpha value is -0.420. The van der Waals surface area contributed by atoms with Crippen molar-refractivity contribution in [1.82, 2.24) is 5.32 Å². The number of aliphatic hydroxyl groups is 2. The molecule has 0 heterocycles. The van der Waals surface area contributed by atoms with E-state index in [9.17, 15) is 5.11 Å². The van der Waals surface area contributed by atoms with Gasteiger partial charge in [-0.15, -0.1) is 0 Å². The molecule has 0 aliphatic rings. The van der Waals surface area contributed by atoms with Crippen LogP contribution in [0.1, 0.15) is 31.9 Å². The monoisotopic (exact) mass is 301 g/mol. The molecule has 1 rings (SSSR count). The zero-order valence-electron chi connectivity index (χ0n) is 10.3. The first kappa shape index (κ1) is 14.6. The standard InChI is InChI=1S/C13H20BrNO2/c1-13(2,6-7-16)15-9-12(17)10-4-3-5-11(14)8-10/h3-5,8,12,15-17H,6-7,9H2,1-2H3. The minimum absolute atomic E-state index is 0.146. The molecule has 17 heavy (non-hydrogen) atoms. The maximum absolute atomic E-state index is 10.0. The molecule has 0 aliphatic carbocycles. The van der Waals surface area contributed by atoms with Gasteiger partial charge in [-0.1, -0.05) is 28.1 Å². The third kappa shape index (κ3) is 5.17. The molecule has 0 spiro atoms. The van der Waals surface area contributed by atoms with E-state index in [4.69, 9.17) is 5.11 Å². The first-order chi connectivity index (χ1) is 7.94. The molecule has 3 nitrogen and oxygen atoms in total. The van der Waals surface area contributed by atoms with Crippen molar-refractivity contribution in [3.8, 4) is 0 Å². The van der Waals surface area contributed by atoms with E-state index in [0.29, 0.717) is 13.0 Å². The van der Waals surface area contributed by atoms with Crippen molar-refractivity contribution in [3.05, 3.63) is 34.3 Å². The third-order valence-corrected chi connectivity index (χ3v) is 3.24. The minimum Gasteiger partial charge on any atom is -0.396 e. The number of halogens is 1. The van der Waals surface area contributed by atoms with E-state index in [0.717, 1.165) is 10.0 Å². The first-order valence-corrected chi connectivity index (χ1v) is 6.53. The molecule has 0 amide bonds. The van der Waals surface area contributed by atoms with E-state index in [2.05, 4.69) is 21.2 Å². The summed E-state index contributed by atoms with van der Waals surface area (Å²) in [5, 5.41) is 22.2. The summed E-state index contributed by atoms with van der Waals surface area (Å²) in [6.45, 7) is 4.64. The van der Waals surface area contributed by atoms with E-state index in [-0.39, 0.29) is 12.1 Å².